The van der Waals surface area contributed by atoms with Gasteiger partial charge in [0.25, 0.3) is 0 Å². The quantitative estimate of drug-likeness (QED) is 0.422. The van der Waals surface area contributed by atoms with Crippen LogP contribution in [0.3, 0.4) is 0 Å². The van der Waals surface area contributed by atoms with Crippen LogP contribution in [0.1, 0.15) is 5.56 Å². The summed E-state index contributed by atoms with van der Waals surface area (Å²) in [6.07, 6.45) is 1.73. The number of halogens is 1. The lowest BCUT2D eigenvalue weighted by molar-refractivity contribution is 0.308. The SMILES string of the molecule is Clc1nccc2scc(COc3cccc(Nc4ccccc4)c3)c12. The van der Waals surface area contributed by atoms with Gasteiger partial charge in [0.2, 0.25) is 0 Å². The summed E-state index contributed by atoms with van der Waals surface area (Å²) in [5.74, 6) is 0.806. The number of nitrogens with zero attached hydrogens (tertiary/aromatic N) is 1. The number of hydrogen-bond donors (Lipinski definition) is 1. The first-order valence-corrected chi connectivity index (χ1v) is 9.11. The molecule has 4 rings (SSSR count). The van der Waals surface area contributed by atoms with Crippen LogP contribution in [0.25, 0.3) is 10.1 Å². The van der Waals surface area contributed by atoms with Crippen LogP contribution in [-0.2, 0) is 6.61 Å². The summed E-state index contributed by atoms with van der Waals surface area (Å²) in [5, 5.41) is 6.95. The molecule has 0 aliphatic carbocycles. The van der Waals surface area contributed by atoms with Crippen molar-refractivity contribution in [1.29, 1.82) is 0 Å². The van der Waals surface area contributed by atoms with Gasteiger partial charge in [-0.3, -0.25) is 0 Å². The number of nitrogens with one attached hydrogen (secondary N) is 1. The first kappa shape index (κ1) is 15.9. The van der Waals surface area contributed by atoms with E-state index in [1.165, 1.54) is 0 Å². The zero-order valence-corrected chi connectivity index (χ0v) is 14.8. The van der Waals surface area contributed by atoms with E-state index in [1.807, 2.05) is 60.7 Å². The largest absolute Gasteiger partial charge is 0.489 e. The second kappa shape index (κ2) is 7.13. The molecule has 0 aliphatic rings. The summed E-state index contributed by atoms with van der Waals surface area (Å²) in [6, 6.07) is 20.0. The van der Waals surface area contributed by atoms with Crippen molar-refractivity contribution in [3.63, 3.8) is 0 Å². The topological polar surface area (TPSA) is 34.1 Å². The molecule has 0 atom stereocenters. The Kier molecular flexibility index (Phi) is 4.55. The van der Waals surface area contributed by atoms with Gasteiger partial charge in [0.05, 0.1) is 0 Å². The fourth-order valence-electron chi connectivity index (χ4n) is 2.62. The fraction of sp³-hybridized carbons (Fsp3) is 0.0500. The average molecular weight is 367 g/mol. The van der Waals surface area contributed by atoms with E-state index in [9.17, 15) is 0 Å². The molecule has 0 amide bonds. The molecule has 0 unspecified atom stereocenters. The number of hydrogen-bond acceptors (Lipinski definition) is 4. The number of rotatable bonds is 5. The molecule has 0 saturated heterocycles. The summed E-state index contributed by atoms with van der Waals surface area (Å²) < 4.78 is 7.10. The minimum atomic E-state index is 0.459. The molecule has 1 N–H and O–H groups in total. The maximum absolute atomic E-state index is 6.23. The van der Waals surface area contributed by atoms with Gasteiger partial charge in [0.1, 0.15) is 17.5 Å². The van der Waals surface area contributed by atoms with Crippen LogP contribution in [0.5, 0.6) is 5.75 Å². The molecule has 25 heavy (non-hydrogen) atoms. The Hall–Kier alpha value is -2.56. The normalized spacial score (nSPS) is 10.8. The minimum absolute atomic E-state index is 0.459. The molecule has 0 saturated carbocycles. The van der Waals surface area contributed by atoms with E-state index in [-0.39, 0.29) is 0 Å². The van der Waals surface area contributed by atoms with Gasteiger partial charge in [0.15, 0.2) is 0 Å². The fourth-order valence-corrected chi connectivity index (χ4v) is 3.90. The van der Waals surface area contributed by atoms with E-state index >= 15 is 0 Å². The van der Waals surface area contributed by atoms with Crippen molar-refractivity contribution in [2.75, 3.05) is 5.32 Å². The first-order chi connectivity index (χ1) is 12.3. The number of pyridine rings is 1. The van der Waals surface area contributed by atoms with E-state index < -0.39 is 0 Å². The Morgan fingerprint density at radius 2 is 1.84 bits per heavy atom. The highest BCUT2D eigenvalue weighted by molar-refractivity contribution is 7.17. The zero-order valence-electron chi connectivity index (χ0n) is 13.3. The van der Waals surface area contributed by atoms with Gasteiger partial charge in [-0.1, -0.05) is 35.9 Å². The molecule has 0 fully saturated rings. The molecule has 0 bridgehead atoms. The summed E-state index contributed by atoms with van der Waals surface area (Å²) >= 11 is 7.88. The molecule has 2 aromatic heterocycles. The summed E-state index contributed by atoms with van der Waals surface area (Å²) in [7, 11) is 0. The van der Waals surface area contributed by atoms with Crippen LogP contribution in [-0.4, -0.2) is 4.98 Å². The second-order valence-corrected chi connectivity index (χ2v) is 6.81. The number of thiophene rings is 1. The molecule has 0 radical (unpaired) electrons. The van der Waals surface area contributed by atoms with Crippen LogP contribution in [0.4, 0.5) is 11.4 Å². The molecular weight excluding hydrogens is 352 g/mol. The molecule has 2 heterocycles. The van der Waals surface area contributed by atoms with Gasteiger partial charge in [-0.2, -0.15) is 0 Å². The van der Waals surface area contributed by atoms with E-state index in [2.05, 4.69) is 15.7 Å². The Morgan fingerprint density at radius 3 is 2.72 bits per heavy atom. The molecule has 0 spiro atoms. The summed E-state index contributed by atoms with van der Waals surface area (Å²) in [6.45, 7) is 0.459. The van der Waals surface area contributed by atoms with Crippen molar-refractivity contribution in [1.82, 2.24) is 4.98 Å². The number of fused-ring (bicyclic) bond motifs is 1. The van der Waals surface area contributed by atoms with Gasteiger partial charge < -0.3 is 10.1 Å². The summed E-state index contributed by atoms with van der Waals surface area (Å²) in [5.41, 5.74) is 3.08. The van der Waals surface area contributed by atoms with Crippen LogP contribution in [0, 0.1) is 0 Å². The third-order valence-corrected chi connectivity index (χ3v) is 5.09. The van der Waals surface area contributed by atoms with Crippen LogP contribution in [0.15, 0.2) is 72.2 Å². The van der Waals surface area contributed by atoms with Gasteiger partial charge in [0, 0.05) is 39.3 Å². The lowest BCUT2D eigenvalue weighted by Gasteiger charge is -2.10. The monoisotopic (exact) mass is 366 g/mol. The standard InChI is InChI=1S/C20H15ClN2OS/c21-20-19-14(13-25-18(19)9-10-22-20)12-24-17-8-4-7-16(11-17)23-15-5-2-1-3-6-15/h1-11,13,23H,12H2. The highest BCUT2D eigenvalue weighted by Gasteiger charge is 2.09. The molecular formula is C20H15ClN2OS. The molecule has 0 aliphatic heterocycles. The van der Waals surface area contributed by atoms with Crippen molar-refractivity contribution in [2.45, 2.75) is 6.61 Å². The molecule has 4 aromatic rings. The highest BCUT2D eigenvalue weighted by Crippen LogP contribution is 2.31. The predicted octanol–water partition coefficient (Wildman–Crippen LogP) is 6.27. The van der Waals surface area contributed by atoms with Gasteiger partial charge in [-0.15, -0.1) is 11.3 Å². The number of benzene rings is 2. The highest BCUT2D eigenvalue weighted by atomic mass is 35.5. The second-order valence-electron chi connectivity index (χ2n) is 5.54. The van der Waals surface area contributed by atoms with Crippen molar-refractivity contribution < 1.29 is 4.74 Å². The maximum Gasteiger partial charge on any atom is 0.138 e. The van der Waals surface area contributed by atoms with Gasteiger partial charge in [-0.05, 0) is 35.7 Å². The maximum atomic E-state index is 6.23. The van der Waals surface area contributed by atoms with Crippen molar-refractivity contribution >= 4 is 44.4 Å². The Balaban J connectivity index is 1.50. The van der Waals surface area contributed by atoms with Crippen molar-refractivity contribution in [3.05, 3.63) is 83.0 Å². The predicted molar refractivity (Wildman–Crippen MR) is 105 cm³/mol. The van der Waals surface area contributed by atoms with Gasteiger partial charge >= 0.3 is 0 Å². The third kappa shape index (κ3) is 3.60. The summed E-state index contributed by atoms with van der Waals surface area (Å²) in [4.78, 5) is 4.16. The molecule has 124 valence electrons. The molecule has 2 aromatic carbocycles. The third-order valence-electron chi connectivity index (χ3n) is 3.81. The Labute approximate surface area is 154 Å². The van der Waals surface area contributed by atoms with Crippen LogP contribution in [0.2, 0.25) is 5.15 Å². The zero-order chi connectivity index (χ0) is 17.1. The Morgan fingerprint density at radius 1 is 1.00 bits per heavy atom. The lowest BCUT2D eigenvalue weighted by Crippen LogP contribution is -1.96. The number of anilines is 2. The average Bonchev–Trinajstić information content (AvgIpc) is 3.06. The van der Waals surface area contributed by atoms with Crippen LogP contribution >= 0.6 is 22.9 Å². The van der Waals surface area contributed by atoms with Gasteiger partial charge in [-0.25, -0.2) is 4.98 Å². The van der Waals surface area contributed by atoms with E-state index in [4.69, 9.17) is 16.3 Å². The van der Waals surface area contributed by atoms with E-state index in [0.29, 0.717) is 11.8 Å². The number of ether oxygens (including phenoxy) is 1. The molecule has 5 heteroatoms. The van der Waals surface area contributed by atoms with E-state index in [0.717, 1.165) is 32.8 Å². The van der Waals surface area contributed by atoms with Crippen molar-refractivity contribution in [2.24, 2.45) is 0 Å². The number of aromatic nitrogens is 1. The van der Waals surface area contributed by atoms with Crippen LogP contribution < -0.4 is 10.1 Å². The number of para-hydroxylation sites is 1. The smallest absolute Gasteiger partial charge is 0.138 e. The minimum Gasteiger partial charge on any atom is -0.489 e. The first-order valence-electron chi connectivity index (χ1n) is 7.85. The van der Waals surface area contributed by atoms with E-state index in [1.54, 1.807) is 17.5 Å². The van der Waals surface area contributed by atoms with Crippen molar-refractivity contribution in [3.8, 4) is 5.75 Å². The molecule has 3 nitrogen and oxygen atoms in total. The Bertz CT molecular complexity index is 1000. The lowest BCUT2D eigenvalue weighted by atomic mass is 10.2.